The van der Waals surface area contributed by atoms with Gasteiger partial charge >= 0.3 is 5.97 Å². The van der Waals surface area contributed by atoms with Crippen LogP contribution >= 0.6 is 0 Å². The maximum absolute atomic E-state index is 11.7. The second-order valence-electron chi connectivity index (χ2n) is 9.75. The molecule has 0 saturated heterocycles. The lowest BCUT2D eigenvalue weighted by Crippen LogP contribution is -2.59. The van der Waals surface area contributed by atoms with Gasteiger partial charge in [-0.05, 0) is 85.9 Å². The van der Waals surface area contributed by atoms with Gasteiger partial charge in [0.2, 0.25) is 0 Å². The highest BCUT2D eigenvalue weighted by molar-refractivity contribution is 5.71. The van der Waals surface area contributed by atoms with Crippen molar-refractivity contribution in [3.8, 4) is 0 Å². The summed E-state index contributed by atoms with van der Waals surface area (Å²) >= 11 is 0. The molecule has 4 fully saturated rings. The van der Waals surface area contributed by atoms with Crippen molar-refractivity contribution in [1.82, 2.24) is 0 Å². The Morgan fingerprint density at radius 1 is 0.962 bits per heavy atom. The van der Waals surface area contributed by atoms with E-state index in [0.717, 1.165) is 44.9 Å². The first kappa shape index (κ1) is 20.1. The van der Waals surface area contributed by atoms with Crippen molar-refractivity contribution in [2.75, 3.05) is 0 Å². The van der Waals surface area contributed by atoms with E-state index < -0.39 is 5.97 Å². The zero-order valence-electron chi connectivity index (χ0n) is 16.9. The number of aliphatic hydroxyl groups excluding tert-OH is 2. The van der Waals surface area contributed by atoms with E-state index in [4.69, 9.17) is 0 Å². The van der Waals surface area contributed by atoms with Crippen molar-refractivity contribution >= 4 is 5.97 Å². The van der Waals surface area contributed by atoms with E-state index >= 15 is 0 Å². The van der Waals surface area contributed by atoms with Crippen LogP contribution in [0.15, 0.2) is 0 Å². The molecular weight excluding hydrogens is 328 g/mol. The molecular formula is C22H38O4. The number of carboxylic acid groups (broad SMARTS) is 1. The average Bonchev–Trinajstić information content (AvgIpc) is 2.93. The summed E-state index contributed by atoms with van der Waals surface area (Å²) in [5.41, 5.74) is -0.131. The zero-order valence-corrected chi connectivity index (χ0v) is 16.9. The van der Waals surface area contributed by atoms with E-state index in [1.54, 1.807) is 0 Å². The van der Waals surface area contributed by atoms with Crippen molar-refractivity contribution in [3.05, 3.63) is 0 Å². The van der Waals surface area contributed by atoms with Crippen molar-refractivity contribution in [3.63, 3.8) is 0 Å². The highest BCUT2D eigenvalue weighted by atomic mass is 16.4. The predicted octanol–water partition coefficient (Wildman–Crippen LogP) is 4.09. The standard InChI is InChI=1S/C20H32O4.C2H6/c1-19-8-7-12(21)9-11(19)3-4-13-14-5-6-15(18(23)24)20(14,2)10-16(22)17(13)19;1-2/h11-17,21-22H,3-10H2,1-2H3,(H,23,24);1-2H3. The third-order valence-corrected chi connectivity index (χ3v) is 8.86. The van der Waals surface area contributed by atoms with Gasteiger partial charge < -0.3 is 15.3 Å². The van der Waals surface area contributed by atoms with Crippen LogP contribution in [-0.2, 0) is 4.79 Å². The fourth-order valence-electron chi connectivity index (χ4n) is 7.77. The third kappa shape index (κ3) is 2.83. The highest BCUT2D eigenvalue weighted by Crippen LogP contribution is 2.67. The molecule has 0 spiro atoms. The Hall–Kier alpha value is -0.610. The van der Waals surface area contributed by atoms with Gasteiger partial charge in [0, 0.05) is 0 Å². The normalized spacial score (nSPS) is 52.8. The van der Waals surface area contributed by atoms with Crippen LogP contribution in [0.3, 0.4) is 0 Å². The molecule has 4 saturated carbocycles. The SMILES string of the molecule is CC.CC12CC(O)C3C(CCC4CC(O)CCC43C)C1CCC2C(=O)O. The maximum atomic E-state index is 11.7. The molecule has 0 aromatic heterocycles. The number of aliphatic hydroxyl groups is 2. The van der Waals surface area contributed by atoms with Crippen molar-refractivity contribution in [1.29, 1.82) is 0 Å². The molecule has 9 atom stereocenters. The summed E-state index contributed by atoms with van der Waals surface area (Å²) in [4.78, 5) is 11.7. The van der Waals surface area contributed by atoms with Gasteiger partial charge in [-0.1, -0.05) is 27.7 Å². The lowest BCUT2D eigenvalue weighted by atomic mass is 9.44. The smallest absolute Gasteiger partial charge is 0.307 e. The van der Waals surface area contributed by atoms with Gasteiger partial charge in [0.05, 0.1) is 18.1 Å². The molecule has 4 heteroatoms. The molecule has 0 aromatic carbocycles. The van der Waals surface area contributed by atoms with Crippen LogP contribution in [-0.4, -0.2) is 33.5 Å². The number of rotatable bonds is 1. The largest absolute Gasteiger partial charge is 0.481 e. The molecule has 4 rings (SSSR count). The number of carbonyl (C=O) groups is 1. The van der Waals surface area contributed by atoms with E-state index in [0.29, 0.717) is 24.2 Å². The minimum atomic E-state index is -0.675. The van der Waals surface area contributed by atoms with Crippen molar-refractivity contribution < 1.29 is 20.1 Å². The topological polar surface area (TPSA) is 77.8 Å². The molecule has 4 nitrogen and oxygen atoms in total. The van der Waals surface area contributed by atoms with E-state index in [2.05, 4.69) is 13.8 Å². The van der Waals surface area contributed by atoms with Crippen LogP contribution in [0, 0.1) is 40.4 Å². The van der Waals surface area contributed by atoms with Crippen LogP contribution in [0.4, 0.5) is 0 Å². The first-order valence-corrected chi connectivity index (χ1v) is 10.9. The molecule has 0 aromatic rings. The fourth-order valence-corrected chi connectivity index (χ4v) is 7.77. The Balaban J connectivity index is 0.000000948. The number of hydrogen-bond donors (Lipinski definition) is 3. The Morgan fingerprint density at radius 3 is 2.31 bits per heavy atom. The lowest BCUT2D eigenvalue weighted by molar-refractivity contribution is -0.182. The Morgan fingerprint density at radius 2 is 1.65 bits per heavy atom. The van der Waals surface area contributed by atoms with Gasteiger partial charge in [0.25, 0.3) is 0 Å². The average molecular weight is 367 g/mol. The second-order valence-corrected chi connectivity index (χ2v) is 9.75. The van der Waals surface area contributed by atoms with Gasteiger partial charge in [-0.2, -0.15) is 0 Å². The molecule has 3 N–H and O–H groups in total. The quantitative estimate of drug-likeness (QED) is 0.653. The minimum Gasteiger partial charge on any atom is -0.481 e. The van der Waals surface area contributed by atoms with E-state index in [9.17, 15) is 20.1 Å². The van der Waals surface area contributed by atoms with Gasteiger partial charge in [-0.15, -0.1) is 0 Å². The van der Waals surface area contributed by atoms with E-state index in [1.165, 1.54) is 0 Å². The van der Waals surface area contributed by atoms with Crippen LogP contribution < -0.4 is 0 Å². The molecule has 0 heterocycles. The number of fused-ring (bicyclic) bond motifs is 5. The molecule has 0 radical (unpaired) electrons. The number of hydrogen-bond acceptors (Lipinski definition) is 3. The molecule has 0 amide bonds. The van der Waals surface area contributed by atoms with E-state index in [1.807, 2.05) is 13.8 Å². The van der Waals surface area contributed by atoms with Gasteiger partial charge in [0.15, 0.2) is 0 Å². The summed E-state index contributed by atoms with van der Waals surface area (Å²) in [6, 6.07) is 0. The van der Waals surface area contributed by atoms with Gasteiger partial charge in [-0.3, -0.25) is 4.79 Å². The first-order chi connectivity index (χ1) is 12.3. The molecule has 9 unspecified atom stereocenters. The first-order valence-electron chi connectivity index (χ1n) is 10.9. The number of carboxylic acids is 1. The monoisotopic (exact) mass is 366 g/mol. The summed E-state index contributed by atoms with van der Waals surface area (Å²) < 4.78 is 0. The third-order valence-electron chi connectivity index (χ3n) is 8.86. The van der Waals surface area contributed by atoms with Gasteiger partial charge in [-0.25, -0.2) is 0 Å². The second kappa shape index (κ2) is 7.09. The highest BCUT2D eigenvalue weighted by Gasteiger charge is 2.64. The zero-order chi connectivity index (χ0) is 19.3. The molecule has 4 aliphatic carbocycles. The fraction of sp³-hybridized carbons (Fsp3) is 0.955. The summed E-state index contributed by atoms with van der Waals surface area (Å²) in [6.07, 6.45) is 6.81. The Bertz CT molecular complexity index is 534. The molecule has 4 aliphatic rings. The summed E-state index contributed by atoms with van der Waals surface area (Å²) in [7, 11) is 0. The van der Waals surface area contributed by atoms with E-state index in [-0.39, 0.29) is 34.9 Å². The molecule has 150 valence electrons. The molecule has 0 aliphatic heterocycles. The Labute approximate surface area is 158 Å². The molecule has 0 bridgehead atoms. The molecule has 26 heavy (non-hydrogen) atoms. The predicted molar refractivity (Wildman–Crippen MR) is 102 cm³/mol. The maximum Gasteiger partial charge on any atom is 0.307 e. The lowest BCUT2D eigenvalue weighted by Gasteiger charge is -2.62. The van der Waals surface area contributed by atoms with Crippen LogP contribution in [0.25, 0.3) is 0 Å². The summed E-state index contributed by atoms with van der Waals surface area (Å²) in [6.45, 7) is 8.47. The van der Waals surface area contributed by atoms with Crippen molar-refractivity contribution in [2.45, 2.75) is 91.3 Å². The number of aliphatic carboxylic acids is 1. The minimum absolute atomic E-state index is 0.115. The summed E-state index contributed by atoms with van der Waals surface area (Å²) in [5, 5.41) is 30.9. The van der Waals surface area contributed by atoms with Crippen LogP contribution in [0.2, 0.25) is 0 Å². The van der Waals surface area contributed by atoms with Crippen molar-refractivity contribution in [2.24, 2.45) is 40.4 Å². The van der Waals surface area contributed by atoms with Crippen LogP contribution in [0.1, 0.15) is 79.1 Å². The van der Waals surface area contributed by atoms with Gasteiger partial charge in [0.1, 0.15) is 0 Å². The van der Waals surface area contributed by atoms with Crippen LogP contribution in [0.5, 0.6) is 0 Å². The Kier molecular flexibility index (Phi) is 5.49. The summed E-state index contributed by atoms with van der Waals surface area (Å²) in [5.74, 6) is 0.729.